The second-order valence-corrected chi connectivity index (χ2v) is 10.1. The number of carbonyl (C=O) groups is 1. The van der Waals surface area contributed by atoms with Gasteiger partial charge in [0.05, 0.1) is 5.69 Å². The summed E-state index contributed by atoms with van der Waals surface area (Å²) >= 11 is 0. The number of amides is 1. The van der Waals surface area contributed by atoms with Gasteiger partial charge in [-0.05, 0) is 84.0 Å². The summed E-state index contributed by atoms with van der Waals surface area (Å²) < 4.78 is 1.89. The van der Waals surface area contributed by atoms with Gasteiger partial charge in [-0.15, -0.1) is 0 Å². The van der Waals surface area contributed by atoms with Crippen LogP contribution in [0, 0.1) is 12.8 Å². The number of hydrogen-bond acceptors (Lipinski definition) is 4. The molecule has 0 aromatic carbocycles. The maximum Gasteiger partial charge on any atom is 0.272 e. The Labute approximate surface area is 188 Å². The monoisotopic (exact) mass is 429 g/mol. The van der Waals surface area contributed by atoms with Gasteiger partial charge in [0.15, 0.2) is 0 Å². The van der Waals surface area contributed by atoms with Crippen LogP contribution in [-0.4, -0.2) is 82.2 Å². The van der Waals surface area contributed by atoms with Crippen LogP contribution in [0.4, 0.5) is 0 Å². The minimum Gasteiger partial charge on any atom is -0.336 e. The maximum atomic E-state index is 13.7. The molecule has 2 saturated heterocycles. The normalized spacial score (nSPS) is 24.0. The molecule has 0 radical (unpaired) electrons. The zero-order chi connectivity index (χ0) is 21.6. The third-order valence-corrected chi connectivity index (χ3v) is 7.71. The van der Waals surface area contributed by atoms with E-state index in [-0.39, 0.29) is 5.91 Å². The van der Waals surface area contributed by atoms with Crippen LogP contribution < -0.4 is 0 Å². The molecule has 3 heterocycles. The Morgan fingerprint density at radius 1 is 1.06 bits per heavy atom. The summed E-state index contributed by atoms with van der Waals surface area (Å²) in [6, 6.07) is 2.77. The first-order valence-electron chi connectivity index (χ1n) is 12.9. The highest BCUT2D eigenvalue weighted by Crippen LogP contribution is 2.28. The second-order valence-electron chi connectivity index (χ2n) is 10.1. The summed E-state index contributed by atoms with van der Waals surface area (Å²) in [6.45, 7) is 12.3. The molecule has 31 heavy (non-hydrogen) atoms. The molecule has 3 aliphatic rings. The number of piperidine rings is 2. The summed E-state index contributed by atoms with van der Waals surface area (Å²) in [7, 11) is 0. The molecule has 1 aliphatic carbocycles. The highest BCUT2D eigenvalue weighted by molar-refractivity contribution is 5.92. The number of rotatable bonds is 8. The molecular formula is C25H43N5O. The summed E-state index contributed by atoms with van der Waals surface area (Å²) in [4.78, 5) is 21.1. The van der Waals surface area contributed by atoms with Gasteiger partial charge in [0.1, 0.15) is 5.69 Å². The molecule has 1 aromatic rings. The molecule has 1 amide bonds. The van der Waals surface area contributed by atoms with Crippen LogP contribution in [0.15, 0.2) is 6.07 Å². The van der Waals surface area contributed by atoms with Crippen molar-refractivity contribution in [3.05, 3.63) is 17.5 Å². The van der Waals surface area contributed by atoms with E-state index in [2.05, 4.69) is 26.7 Å². The molecule has 1 aromatic heterocycles. The number of hydrogen-bond donors (Lipinski definition) is 0. The van der Waals surface area contributed by atoms with E-state index in [4.69, 9.17) is 0 Å². The molecule has 1 saturated carbocycles. The highest BCUT2D eigenvalue weighted by Gasteiger charge is 2.30. The van der Waals surface area contributed by atoms with Crippen molar-refractivity contribution in [3.8, 4) is 0 Å². The van der Waals surface area contributed by atoms with E-state index in [1.54, 1.807) is 0 Å². The molecule has 1 unspecified atom stereocenters. The fourth-order valence-corrected chi connectivity index (χ4v) is 6.00. The quantitative estimate of drug-likeness (QED) is 0.631. The molecule has 6 heteroatoms. The van der Waals surface area contributed by atoms with E-state index in [9.17, 15) is 4.79 Å². The van der Waals surface area contributed by atoms with Crippen LogP contribution in [0.2, 0.25) is 0 Å². The first-order chi connectivity index (χ1) is 15.1. The number of nitrogens with zero attached hydrogens (tertiary/aromatic N) is 5. The van der Waals surface area contributed by atoms with Crippen molar-refractivity contribution in [1.29, 1.82) is 0 Å². The van der Waals surface area contributed by atoms with Crippen molar-refractivity contribution in [1.82, 2.24) is 24.5 Å². The van der Waals surface area contributed by atoms with Crippen molar-refractivity contribution in [2.45, 2.75) is 84.2 Å². The fourth-order valence-electron chi connectivity index (χ4n) is 6.00. The van der Waals surface area contributed by atoms with Gasteiger partial charge >= 0.3 is 0 Å². The van der Waals surface area contributed by atoms with Crippen LogP contribution in [0.1, 0.15) is 80.9 Å². The summed E-state index contributed by atoms with van der Waals surface area (Å²) in [5.41, 5.74) is 1.70. The lowest BCUT2D eigenvalue weighted by atomic mass is 9.95. The Morgan fingerprint density at radius 3 is 2.58 bits per heavy atom. The zero-order valence-electron chi connectivity index (χ0n) is 19.9. The van der Waals surface area contributed by atoms with E-state index in [0.717, 1.165) is 43.6 Å². The minimum absolute atomic E-state index is 0.178. The Bertz CT molecular complexity index is 705. The van der Waals surface area contributed by atoms with Gasteiger partial charge in [-0.3, -0.25) is 9.48 Å². The number of aryl methyl sites for hydroxylation is 2. The van der Waals surface area contributed by atoms with Gasteiger partial charge in [-0.1, -0.05) is 19.3 Å². The van der Waals surface area contributed by atoms with Crippen LogP contribution in [0.3, 0.4) is 0 Å². The smallest absolute Gasteiger partial charge is 0.272 e. The van der Waals surface area contributed by atoms with Gasteiger partial charge in [0, 0.05) is 38.8 Å². The van der Waals surface area contributed by atoms with Gasteiger partial charge < -0.3 is 14.7 Å². The standard InChI is InChI=1S/C25H43N5O/c1-3-30-24(18-21(2)26-30)25(31)29(17-16-27-13-7-4-8-14-27)20-22-10-9-15-28(19-22)23-11-5-6-12-23/h18,22-23H,3-17,19-20H2,1-2H3. The lowest BCUT2D eigenvalue weighted by Gasteiger charge is -2.39. The molecule has 174 valence electrons. The number of carbonyl (C=O) groups excluding carboxylic acids is 1. The lowest BCUT2D eigenvalue weighted by Crippen LogP contribution is -2.48. The van der Waals surface area contributed by atoms with Gasteiger partial charge in [0.2, 0.25) is 0 Å². The third kappa shape index (κ3) is 5.89. The SMILES string of the molecule is CCn1nc(C)cc1C(=O)N(CCN1CCCCC1)CC1CCCN(C2CCCC2)C1. The fraction of sp³-hybridized carbons (Fsp3) is 0.840. The van der Waals surface area contributed by atoms with Gasteiger partial charge in [-0.2, -0.15) is 5.10 Å². The summed E-state index contributed by atoms with van der Waals surface area (Å²) in [6.07, 6.45) is 12.0. The number of likely N-dealkylation sites (tertiary alicyclic amines) is 2. The Kier molecular flexibility index (Phi) is 8.05. The molecule has 4 rings (SSSR count). The first-order valence-corrected chi connectivity index (χ1v) is 12.9. The topological polar surface area (TPSA) is 44.6 Å². The van der Waals surface area contributed by atoms with Gasteiger partial charge in [0.25, 0.3) is 5.91 Å². The Hall–Kier alpha value is -1.40. The van der Waals surface area contributed by atoms with Crippen molar-refractivity contribution >= 4 is 5.91 Å². The highest BCUT2D eigenvalue weighted by atomic mass is 16.2. The average Bonchev–Trinajstić information content (AvgIpc) is 3.47. The van der Waals surface area contributed by atoms with Crippen LogP contribution in [0.25, 0.3) is 0 Å². The van der Waals surface area contributed by atoms with E-state index in [1.165, 1.54) is 84.0 Å². The van der Waals surface area contributed by atoms with E-state index < -0.39 is 0 Å². The van der Waals surface area contributed by atoms with Crippen molar-refractivity contribution < 1.29 is 4.79 Å². The Morgan fingerprint density at radius 2 is 1.84 bits per heavy atom. The average molecular weight is 430 g/mol. The molecule has 1 atom stereocenters. The van der Waals surface area contributed by atoms with E-state index in [0.29, 0.717) is 5.92 Å². The third-order valence-electron chi connectivity index (χ3n) is 7.71. The largest absolute Gasteiger partial charge is 0.336 e. The van der Waals surface area contributed by atoms with Crippen molar-refractivity contribution in [2.24, 2.45) is 5.92 Å². The Balaban J connectivity index is 1.43. The van der Waals surface area contributed by atoms with E-state index in [1.807, 2.05) is 17.7 Å². The predicted octanol–water partition coefficient (Wildman–Crippen LogP) is 3.79. The predicted molar refractivity (Wildman–Crippen MR) is 125 cm³/mol. The minimum atomic E-state index is 0.178. The lowest BCUT2D eigenvalue weighted by molar-refractivity contribution is 0.0599. The van der Waals surface area contributed by atoms with E-state index >= 15 is 0 Å². The summed E-state index contributed by atoms with van der Waals surface area (Å²) in [5, 5.41) is 4.54. The molecule has 3 fully saturated rings. The summed E-state index contributed by atoms with van der Waals surface area (Å²) in [5.74, 6) is 0.774. The molecular weight excluding hydrogens is 386 g/mol. The second kappa shape index (κ2) is 11.0. The molecule has 0 N–H and O–H groups in total. The number of aromatic nitrogens is 2. The first kappa shape index (κ1) is 22.8. The molecule has 6 nitrogen and oxygen atoms in total. The van der Waals surface area contributed by atoms with Crippen LogP contribution >= 0.6 is 0 Å². The van der Waals surface area contributed by atoms with Crippen LogP contribution in [0.5, 0.6) is 0 Å². The zero-order valence-corrected chi connectivity index (χ0v) is 19.9. The maximum absolute atomic E-state index is 13.7. The van der Waals surface area contributed by atoms with Gasteiger partial charge in [-0.25, -0.2) is 0 Å². The molecule has 0 spiro atoms. The van der Waals surface area contributed by atoms with Crippen molar-refractivity contribution in [2.75, 3.05) is 45.8 Å². The molecule has 0 bridgehead atoms. The van der Waals surface area contributed by atoms with Crippen LogP contribution in [-0.2, 0) is 6.54 Å². The van der Waals surface area contributed by atoms with Crippen molar-refractivity contribution in [3.63, 3.8) is 0 Å². The molecule has 2 aliphatic heterocycles.